The molecule has 172 valence electrons. The molecule has 1 aliphatic heterocycles. The van der Waals surface area contributed by atoms with E-state index in [-0.39, 0.29) is 47.8 Å². The lowest BCUT2D eigenvalue weighted by Gasteiger charge is -2.17. The molecule has 0 spiro atoms. The maximum atomic E-state index is 12.8. The number of aliphatic imine (C=N–C) groups is 1. The van der Waals surface area contributed by atoms with Gasteiger partial charge in [0.25, 0.3) is 0 Å². The standard InChI is InChI=1S/C18H28F2N4O4S.HI/c1-3-21-18(22-9-11-24-10-6-12-29(24,25)26)23-13-14-7-5-8-15(27-4-2)16(14)28-17(19)20;/h5,7-8,17H,3-4,6,9-13H2,1-2H3,(H2,21,22,23);1H. The Morgan fingerprint density at radius 3 is 2.67 bits per heavy atom. The number of ether oxygens (including phenoxy) is 2. The molecule has 0 unspecified atom stereocenters. The van der Waals surface area contributed by atoms with Gasteiger partial charge in [-0.25, -0.2) is 17.7 Å². The van der Waals surface area contributed by atoms with Gasteiger partial charge in [0.1, 0.15) is 0 Å². The van der Waals surface area contributed by atoms with Gasteiger partial charge in [0, 0.05) is 31.7 Å². The number of halogens is 3. The molecule has 1 aromatic carbocycles. The number of benzene rings is 1. The summed E-state index contributed by atoms with van der Waals surface area (Å²) in [6, 6.07) is 4.89. The molecule has 2 rings (SSSR count). The molecule has 2 N–H and O–H groups in total. The lowest BCUT2D eigenvalue weighted by Crippen LogP contribution is -2.42. The monoisotopic (exact) mass is 562 g/mol. The Hall–Kier alpha value is -1.41. The van der Waals surface area contributed by atoms with E-state index in [1.54, 1.807) is 25.1 Å². The molecule has 0 atom stereocenters. The highest BCUT2D eigenvalue weighted by Crippen LogP contribution is 2.33. The van der Waals surface area contributed by atoms with Gasteiger partial charge in [-0.15, -0.1) is 24.0 Å². The second-order valence-electron chi connectivity index (χ2n) is 6.25. The van der Waals surface area contributed by atoms with Crippen molar-refractivity contribution in [3.05, 3.63) is 23.8 Å². The van der Waals surface area contributed by atoms with E-state index in [9.17, 15) is 17.2 Å². The minimum absolute atomic E-state index is 0. The van der Waals surface area contributed by atoms with Crippen LogP contribution in [0.5, 0.6) is 11.5 Å². The number of para-hydroxylation sites is 1. The van der Waals surface area contributed by atoms with Crippen LogP contribution in [0.15, 0.2) is 23.2 Å². The minimum atomic E-state index is -3.15. The summed E-state index contributed by atoms with van der Waals surface area (Å²) in [5.74, 6) is 0.836. The Bertz CT molecular complexity index is 796. The molecule has 0 radical (unpaired) electrons. The maximum absolute atomic E-state index is 12.8. The van der Waals surface area contributed by atoms with Crippen LogP contribution in [0.1, 0.15) is 25.8 Å². The van der Waals surface area contributed by atoms with Crippen molar-refractivity contribution < 1.29 is 26.7 Å². The number of hydrogen-bond donors (Lipinski definition) is 2. The van der Waals surface area contributed by atoms with Gasteiger partial charge in [-0.2, -0.15) is 8.78 Å². The van der Waals surface area contributed by atoms with Crippen LogP contribution in [0, 0.1) is 0 Å². The number of rotatable bonds is 10. The smallest absolute Gasteiger partial charge is 0.387 e. The van der Waals surface area contributed by atoms with Gasteiger partial charge in [-0.1, -0.05) is 12.1 Å². The first kappa shape index (κ1) is 26.6. The maximum Gasteiger partial charge on any atom is 0.387 e. The molecule has 0 aliphatic carbocycles. The third-order valence-corrected chi connectivity index (χ3v) is 6.13. The summed E-state index contributed by atoms with van der Waals surface area (Å²) in [4.78, 5) is 4.40. The van der Waals surface area contributed by atoms with Gasteiger partial charge in [0.2, 0.25) is 10.0 Å². The van der Waals surface area contributed by atoms with Gasteiger partial charge < -0.3 is 20.1 Å². The van der Waals surface area contributed by atoms with Crippen molar-refractivity contribution in [3.63, 3.8) is 0 Å². The molecule has 1 saturated heterocycles. The fourth-order valence-electron chi connectivity index (χ4n) is 2.93. The topological polar surface area (TPSA) is 92.3 Å². The Balaban J connectivity index is 0.00000450. The largest absolute Gasteiger partial charge is 0.490 e. The second-order valence-corrected chi connectivity index (χ2v) is 8.33. The van der Waals surface area contributed by atoms with Gasteiger partial charge in [0.15, 0.2) is 17.5 Å². The summed E-state index contributed by atoms with van der Waals surface area (Å²) >= 11 is 0. The molecule has 1 aliphatic rings. The summed E-state index contributed by atoms with van der Waals surface area (Å²) in [7, 11) is -3.15. The van der Waals surface area contributed by atoms with Crippen molar-refractivity contribution in [3.8, 4) is 11.5 Å². The van der Waals surface area contributed by atoms with E-state index in [1.807, 2.05) is 6.92 Å². The molecule has 1 fully saturated rings. The van der Waals surface area contributed by atoms with Crippen LogP contribution in [0.25, 0.3) is 0 Å². The van der Waals surface area contributed by atoms with E-state index < -0.39 is 16.6 Å². The second kappa shape index (κ2) is 13.1. The lowest BCUT2D eigenvalue weighted by atomic mass is 10.2. The SMILES string of the molecule is CCNC(=NCc1cccc(OCC)c1OC(F)F)NCCN1CCCS1(=O)=O.I. The Morgan fingerprint density at radius 2 is 2.07 bits per heavy atom. The predicted octanol–water partition coefficient (Wildman–Crippen LogP) is 2.40. The van der Waals surface area contributed by atoms with Crippen molar-refractivity contribution in [1.29, 1.82) is 0 Å². The molecule has 0 saturated carbocycles. The first-order valence-corrected chi connectivity index (χ1v) is 11.2. The molecular weight excluding hydrogens is 533 g/mol. The summed E-state index contributed by atoms with van der Waals surface area (Å²) < 4.78 is 60.8. The van der Waals surface area contributed by atoms with Gasteiger partial charge in [0.05, 0.1) is 18.9 Å². The van der Waals surface area contributed by atoms with Crippen molar-refractivity contribution in [1.82, 2.24) is 14.9 Å². The molecule has 0 aromatic heterocycles. The van der Waals surface area contributed by atoms with E-state index >= 15 is 0 Å². The predicted molar refractivity (Wildman–Crippen MR) is 122 cm³/mol. The highest BCUT2D eigenvalue weighted by Gasteiger charge is 2.27. The fraction of sp³-hybridized carbons (Fsp3) is 0.611. The normalized spacial score (nSPS) is 16.2. The molecule has 30 heavy (non-hydrogen) atoms. The van der Waals surface area contributed by atoms with Crippen LogP contribution >= 0.6 is 24.0 Å². The number of sulfonamides is 1. The molecule has 12 heteroatoms. The van der Waals surface area contributed by atoms with Gasteiger partial charge >= 0.3 is 6.61 Å². The summed E-state index contributed by atoms with van der Waals surface area (Å²) in [6.45, 7) is 2.90. The van der Waals surface area contributed by atoms with Crippen LogP contribution in [0.4, 0.5) is 8.78 Å². The van der Waals surface area contributed by atoms with E-state index in [2.05, 4.69) is 20.4 Å². The van der Waals surface area contributed by atoms with E-state index in [0.717, 1.165) is 0 Å². The van der Waals surface area contributed by atoms with Crippen molar-refractivity contribution in [2.45, 2.75) is 33.4 Å². The van der Waals surface area contributed by atoms with Crippen molar-refractivity contribution in [2.24, 2.45) is 4.99 Å². The van der Waals surface area contributed by atoms with Crippen molar-refractivity contribution >= 4 is 40.0 Å². The first-order valence-electron chi connectivity index (χ1n) is 9.56. The Labute approximate surface area is 193 Å². The molecule has 8 nitrogen and oxygen atoms in total. The lowest BCUT2D eigenvalue weighted by molar-refractivity contribution is -0.0520. The third-order valence-electron chi connectivity index (χ3n) is 4.18. The highest BCUT2D eigenvalue weighted by atomic mass is 127. The molecule has 1 heterocycles. The number of hydrogen-bond acceptors (Lipinski definition) is 5. The molecule has 0 amide bonds. The summed E-state index contributed by atoms with van der Waals surface area (Å²) in [5.41, 5.74) is 0.454. The molecular formula is C18H29F2IN4O4S. The van der Waals surface area contributed by atoms with Crippen LogP contribution < -0.4 is 20.1 Å². The number of nitrogens with one attached hydrogen (secondary N) is 2. The zero-order valence-electron chi connectivity index (χ0n) is 17.1. The Kier molecular flexibility index (Phi) is 11.6. The molecule has 0 bridgehead atoms. The van der Waals surface area contributed by atoms with E-state index in [4.69, 9.17) is 4.74 Å². The summed E-state index contributed by atoms with van der Waals surface area (Å²) in [6.07, 6.45) is 0.638. The highest BCUT2D eigenvalue weighted by molar-refractivity contribution is 14.0. The minimum Gasteiger partial charge on any atom is -0.490 e. The molecule has 1 aromatic rings. The first-order chi connectivity index (χ1) is 13.9. The quantitative estimate of drug-likeness (QED) is 0.259. The van der Waals surface area contributed by atoms with Crippen LogP contribution in [-0.4, -0.2) is 63.8 Å². The van der Waals surface area contributed by atoms with Gasteiger partial charge in [-0.05, 0) is 26.3 Å². The zero-order valence-corrected chi connectivity index (χ0v) is 20.2. The van der Waals surface area contributed by atoms with E-state index in [0.29, 0.717) is 50.7 Å². The summed E-state index contributed by atoms with van der Waals surface area (Å²) in [5, 5.41) is 6.12. The average Bonchev–Trinajstić information content (AvgIpc) is 3.00. The zero-order chi connectivity index (χ0) is 21.3. The van der Waals surface area contributed by atoms with E-state index in [1.165, 1.54) is 4.31 Å². The van der Waals surface area contributed by atoms with Crippen LogP contribution in [0.2, 0.25) is 0 Å². The van der Waals surface area contributed by atoms with Crippen LogP contribution in [0.3, 0.4) is 0 Å². The number of alkyl halides is 2. The fourth-order valence-corrected chi connectivity index (χ4v) is 4.45. The van der Waals surface area contributed by atoms with Crippen LogP contribution in [-0.2, 0) is 16.6 Å². The average molecular weight is 562 g/mol. The third kappa shape index (κ3) is 8.02. The Morgan fingerprint density at radius 1 is 1.30 bits per heavy atom. The number of nitrogens with zero attached hydrogens (tertiary/aromatic N) is 2. The van der Waals surface area contributed by atoms with Crippen molar-refractivity contribution in [2.75, 3.05) is 38.5 Å². The van der Waals surface area contributed by atoms with Gasteiger partial charge in [-0.3, -0.25) is 0 Å². The number of guanidine groups is 1.